The average molecular weight is 565 g/mol. The molecule has 0 saturated heterocycles. The predicted octanol–water partition coefficient (Wildman–Crippen LogP) is 5.71. The van der Waals surface area contributed by atoms with E-state index in [1.165, 1.54) is 0 Å². The first-order valence-corrected chi connectivity index (χ1v) is 14.6. The number of halogens is 1. The normalized spacial score (nSPS) is 17.2. The van der Waals surface area contributed by atoms with Gasteiger partial charge < -0.3 is 10.1 Å². The number of hydrogen-bond donors (Lipinski definition) is 1. The first kappa shape index (κ1) is 25.0. The number of aromatic nitrogens is 2. The van der Waals surface area contributed by atoms with Gasteiger partial charge in [0.25, 0.3) is 0 Å². The number of benzene rings is 2. The van der Waals surface area contributed by atoms with Gasteiger partial charge in [-0.25, -0.2) is 4.68 Å². The maximum atomic E-state index is 13.7. The lowest BCUT2D eigenvalue weighted by Gasteiger charge is -2.23. The molecule has 194 valence electrons. The van der Waals surface area contributed by atoms with Crippen molar-refractivity contribution in [2.75, 3.05) is 24.3 Å². The molecular weight excluding hydrogens is 540 g/mol. The van der Waals surface area contributed by atoms with Crippen LogP contribution >= 0.6 is 34.7 Å². The van der Waals surface area contributed by atoms with Gasteiger partial charge in [0, 0.05) is 27.1 Å². The van der Waals surface area contributed by atoms with E-state index in [4.69, 9.17) is 21.4 Å². The maximum absolute atomic E-state index is 13.7. The molecule has 2 aliphatic rings. The topological polar surface area (TPSA) is 76.5 Å². The summed E-state index contributed by atoms with van der Waals surface area (Å²) in [5.41, 5.74) is 3.30. The van der Waals surface area contributed by atoms with E-state index in [2.05, 4.69) is 11.4 Å². The third-order valence-electron chi connectivity index (χ3n) is 6.57. The summed E-state index contributed by atoms with van der Waals surface area (Å²) in [6, 6.07) is 19.4. The van der Waals surface area contributed by atoms with Gasteiger partial charge in [0.2, 0.25) is 11.8 Å². The molecule has 38 heavy (non-hydrogen) atoms. The van der Waals surface area contributed by atoms with E-state index in [1.807, 2.05) is 60.0 Å². The number of anilines is 1. The van der Waals surface area contributed by atoms with Crippen molar-refractivity contribution >= 4 is 52.3 Å². The minimum atomic E-state index is -0.165. The molecule has 10 heteroatoms. The second-order valence-electron chi connectivity index (χ2n) is 9.23. The number of hydrogen-bond acceptors (Lipinski definition) is 6. The van der Waals surface area contributed by atoms with Gasteiger partial charge in [-0.15, -0.1) is 23.1 Å². The third kappa shape index (κ3) is 4.93. The lowest BCUT2D eigenvalue weighted by atomic mass is 10.0. The number of carbonyl (C=O) groups excluding carboxylic acids is 2. The van der Waals surface area contributed by atoms with Crippen LogP contribution in [-0.2, 0) is 9.59 Å². The minimum Gasteiger partial charge on any atom is -0.497 e. The van der Waals surface area contributed by atoms with E-state index in [-0.39, 0.29) is 35.4 Å². The van der Waals surface area contributed by atoms with Crippen LogP contribution < -0.4 is 15.0 Å². The number of thiophene rings is 1. The van der Waals surface area contributed by atoms with Gasteiger partial charge in [0.15, 0.2) is 0 Å². The van der Waals surface area contributed by atoms with E-state index < -0.39 is 0 Å². The fourth-order valence-corrected chi connectivity index (χ4v) is 6.85. The standard InChI is InChI=1S/C28H25ClN4O3S2/c1-36-21-12-10-20(11-13-21)33-28-25(26(31-33)17-4-6-18(29)7-5-17)27(22-3-2-14-37-22)38-16-24(35)32(28)15-23(34)30-19-8-9-19/h2-7,10-14,19,27H,8-9,15-16H2,1H3,(H,30,34). The smallest absolute Gasteiger partial charge is 0.240 e. The Morgan fingerprint density at radius 1 is 1.13 bits per heavy atom. The summed E-state index contributed by atoms with van der Waals surface area (Å²) in [6.07, 6.45) is 1.96. The van der Waals surface area contributed by atoms with Crippen LogP contribution in [0.15, 0.2) is 66.0 Å². The van der Waals surface area contributed by atoms with Crippen LogP contribution in [0.25, 0.3) is 16.9 Å². The molecule has 1 fully saturated rings. The number of carbonyl (C=O) groups is 2. The highest BCUT2D eigenvalue weighted by Gasteiger charge is 2.38. The second kappa shape index (κ2) is 10.5. The lowest BCUT2D eigenvalue weighted by Crippen LogP contribution is -2.43. The van der Waals surface area contributed by atoms with Gasteiger partial charge in [0.1, 0.15) is 18.1 Å². The van der Waals surface area contributed by atoms with Crippen molar-refractivity contribution in [1.29, 1.82) is 0 Å². The van der Waals surface area contributed by atoms with Crippen LogP contribution in [-0.4, -0.2) is 47.0 Å². The first-order valence-electron chi connectivity index (χ1n) is 12.3. The fraction of sp³-hybridized carbons (Fsp3) is 0.250. The Morgan fingerprint density at radius 2 is 1.89 bits per heavy atom. The van der Waals surface area contributed by atoms with Crippen LogP contribution in [0.2, 0.25) is 5.02 Å². The van der Waals surface area contributed by atoms with Gasteiger partial charge in [-0.2, -0.15) is 5.10 Å². The van der Waals surface area contributed by atoms with Crippen LogP contribution in [0.3, 0.4) is 0 Å². The zero-order valence-corrected chi connectivity index (χ0v) is 23.0. The van der Waals surface area contributed by atoms with E-state index >= 15 is 0 Å². The van der Waals surface area contributed by atoms with Gasteiger partial charge in [-0.1, -0.05) is 29.8 Å². The summed E-state index contributed by atoms with van der Waals surface area (Å²) in [4.78, 5) is 29.4. The summed E-state index contributed by atoms with van der Waals surface area (Å²) < 4.78 is 7.15. The molecule has 1 unspecified atom stereocenters. The molecule has 1 atom stereocenters. The average Bonchev–Trinajstić information content (AvgIpc) is 3.45. The molecule has 2 aromatic heterocycles. The molecule has 6 rings (SSSR count). The highest BCUT2D eigenvalue weighted by atomic mass is 35.5. The molecule has 0 bridgehead atoms. The highest BCUT2D eigenvalue weighted by molar-refractivity contribution is 8.00. The van der Waals surface area contributed by atoms with Crippen LogP contribution in [0.1, 0.15) is 28.5 Å². The molecule has 3 heterocycles. The van der Waals surface area contributed by atoms with Crippen molar-refractivity contribution in [3.63, 3.8) is 0 Å². The predicted molar refractivity (Wildman–Crippen MR) is 153 cm³/mol. The number of ether oxygens (including phenoxy) is 1. The third-order valence-corrected chi connectivity index (χ3v) is 9.14. The number of fused-ring (bicyclic) bond motifs is 1. The van der Waals surface area contributed by atoms with Gasteiger partial charge in [-0.05, 0) is 60.7 Å². The SMILES string of the molecule is COc1ccc(-n2nc(-c3ccc(Cl)cc3)c3c2N(CC(=O)NC2CC2)C(=O)CSC3c2cccs2)cc1. The summed E-state index contributed by atoms with van der Waals surface area (Å²) in [6.45, 7) is -0.0675. The number of rotatable bonds is 7. The molecule has 1 saturated carbocycles. The van der Waals surface area contributed by atoms with Crippen LogP contribution in [0.5, 0.6) is 5.75 Å². The van der Waals surface area contributed by atoms with E-state index in [0.29, 0.717) is 16.6 Å². The number of thioether (sulfide) groups is 1. The van der Waals surface area contributed by atoms with Crippen molar-refractivity contribution in [1.82, 2.24) is 15.1 Å². The maximum Gasteiger partial charge on any atom is 0.240 e. The Hall–Kier alpha value is -3.27. The van der Waals surface area contributed by atoms with Crippen molar-refractivity contribution in [3.8, 4) is 22.7 Å². The van der Waals surface area contributed by atoms with Crippen molar-refractivity contribution in [2.45, 2.75) is 24.1 Å². The Balaban J connectivity index is 1.58. The number of amides is 2. The van der Waals surface area contributed by atoms with Gasteiger partial charge in [-0.3, -0.25) is 14.5 Å². The monoisotopic (exact) mass is 564 g/mol. The summed E-state index contributed by atoms with van der Waals surface area (Å²) >= 11 is 9.43. The van der Waals surface area contributed by atoms with Crippen molar-refractivity contribution < 1.29 is 14.3 Å². The minimum absolute atomic E-state index is 0.0675. The molecule has 0 spiro atoms. The summed E-state index contributed by atoms with van der Waals surface area (Å²) in [5.74, 6) is 1.28. The second-order valence-corrected chi connectivity index (χ2v) is 11.7. The largest absolute Gasteiger partial charge is 0.497 e. The molecule has 0 radical (unpaired) electrons. The highest BCUT2D eigenvalue weighted by Crippen LogP contribution is 2.49. The number of nitrogens with zero attached hydrogens (tertiary/aromatic N) is 3. The van der Waals surface area contributed by atoms with E-state index in [1.54, 1.807) is 39.8 Å². The molecule has 2 amide bonds. The van der Waals surface area contributed by atoms with Crippen molar-refractivity contribution in [2.24, 2.45) is 0 Å². The Morgan fingerprint density at radius 3 is 2.55 bits per heavy atom. The molecule has 1 N–H and O–H groups in total. The molecule has 4 aromatic rings. The molecule has 1 aliphatic heterocycles. The van der Waals surface area contributed by atoms with Crippen LogP contribution in [0, 0.1) is 0 Å². The summed E-state index contributed by atoms with van der Waals surface area (Å²) in [7, 11) is 1.62. The first-order chi connectivity index (χ1) is 18.5. The Bertz CT molecular complexity index is 1470. The fourth-order valence-electron chi connectivity index (χ4n) is 4.55. The van der Waals surface area contributed by atoms with Crippen LogP contribution in [0.4, 0.5) is 5.82 Å². The Kier molecular flexibility index (Phi) is 6.90. The lowest BCUT2D eigenvalue weighted by molar-refractivity contribution is -0.123. The zero-order valence-electron chi connectivity index (χ0n) is 20.6. The van der Waals surface area contributed by atoms with E-state index in [0.717, 1.165) is 40.2 Å². The molecule has 7 nitrogen and oxygen atoms in total. The quantitative estimate of drug-likeness (QED) is 0.311. The van der Waals surface area contributed by atoms with Gasteiger partial charge in [0.05, 0.1) is 29.5 Å². The van der Waals surface area contributed by atoms with Crippen molar-refractivity contribution in [3.05, 3.63) is 81.5 Å². The molecule has 2 aromatic carbocycles. The Labute approximate surface area is 233 Å². The van der Waals surface area contributed by atoms with E-state index in [9.17, 15) is 9.59 Å². The molecule has 1 aliphatic carbocycles. The summed E-state index contributed by atoms with van der Waals surface area (Å²) in [5, 5.41) is 10.7. The van der Waals surface area contributed by atoms with Gasteiger partial charge >= 0.3 is 0 Å². The zero-order chi connectivity index (χ0) is 26.2. The molecular formula is C28H25ClN4O3S2. The number of methoxy groups -OCH3 is 1. The number of nitrogens with one attached hydrogen (secondary N) is 1.